The van der Waals surface area contributed by atoms with Gasteiger partial charge in [0, 0.05) is 24.1 Å². The number of aryl methyl sites for hydroxylation is 1. The molecule has 1 aliphatic rings. The lowest BCUT2D eigenvalue weighted by molar-refractivity contribution is -0.120. The molecule has 11 heteroatoms. The summed E-state index contributed by atoms with van der Waals surface area (Å²) in [4.78, 5) is 13.6. The van der Waals surface area contributed by atoms with Crippen molar-refractivity contribution in [2.24, 2.45) is 0 Å². The summed E-state index contributed by atoms with van der Waals surface area (Å²) in [5.41, 5.74) is 1.46. The molecule has 10 nitrogen and oxygen atoms in total. The molecule has 1 aliphatic heterocycles. The van der Waals surface area contributed by atoms with E-state index in [2.05, 4.69) is 5.32 Å². The fourth-order valence-corrected chi connectivity index (χ4v) is 6.29. The van der Waals surface area contributed by atoms with Crippen LogP contribution in [0.25, 0.3) is 0 Å². The molecule has 1 N–H and O–H groups in total. The Kier molecular flexibility index (Phi) is 8.58. The minimum atomic E-state index is -4.32. The lowest BCUT2D eigenvalue weighted by Gasteiger charge is -2.38. The Morgan fingerprint density at radius 1 is 0.927 bits per heavy atom. The Morgan fingerprint density at radius 2 is 1.61 bits per heavy atom. The first-order valence-electron chi connectivity index (χ1n) is 13.0. The number of hydrogen-bond donors (Lipinski definition) is 1. The predicted molar refractivity (Wildman–Crippen MR) is 155 cm³/mol. The lowest BCUT2D eigenvalue weighted by atomic mass is 9.89. The van der Waals surface area contributed by atoms with E-state index in [9.17, 15) is 13.2 Å². The molecule has 220 valence electrons. The van der Waals surface area contributed by atoms with Crippen LogP contribution in [0.15, 0.2) is 59.5 Å². The van der Waals surface area contributed by atoms with Gasteiger partial charge in [-0.1, -0.05) is 12.1 Å². The van der Waals surface area contributed by atoms with Gasteiger partial charge < -0.3 is 29.0 Å². The number of ether oxygens (including phenoxy) is 5. The van der Waals surface area contributed by atoms with Crippen LogP contribution in [0.4, 0.5) is 5.69 Å². The standard InChI is InChI=1S/C30H36N2O8S/c1-19-8-11-22-23(17-30(2,3)40-27(22)14-19)31-29(33)18-32(24-15-20(36-4)9-12-25(24)37-5)41(34,35)21-10-13-26(38-6)28(16-21)39-7/h8-16,23H,17-18H2,1-7H3,(H,31,33). The summed E-state index contributed by atoms with van der Waals surface area (Å²) in [6.45, 7) is 5.34. The number of hydrogen-bond acceptors (Lipinski definition) is 8. The van der Waals surface area contributed by atoms with Crippen LogP contribution < -0.4 is 33.3 Å². The normalized spacial score (nSPS) is 15.6. The first kappa shape index (κ1) is 29.9. The second-order valence-corrected chi connectivity index (χ2v) is 12.2. The maximum Gasteiger partial charge on any atom is 0.265 e. The Bertz CT molecular complexity index is 1540. The minimum absolute atomic E-state index is 0.0964. The van der Waals surface area contributed by atoms with Crippen LogP contribution in [0.2, 0.25) is 0 Å². The minimum Gasteiger partial charge on any atom is -0.497 e. The highest BCUT2D eigenvalue weighted by Crippen LogP contribution is 2.41. The monoisotopic (exact) mass is 584 g/mol. The van der Waals surface area contributed by atoms with Gasteiger partial charge in [0.1, 0.15) is 29.4 Å². The molecule has 0 bridgehead atoms. The third-order valence-corrected chi connectivity index (χ3v) is 8.60. The molecule has 0 radical (unpaired) electrons. The van der Waals surface area contributed by atoms with Crippen LogP contribution in [0.5, 0.6) is 28.7 Å². The number of benzene rings is 3. The number of fused-ring (bicyclic) bond motifs is 1. The van der Waals surface area contributed by atoms with Crippen molar-refractivity contribution in [3.05, 3.63) is 65.7 Å². The van der Waals surface area contributed by atoms with E-state index < -0.39 is 28.1 Å². The van der Waals surface area contributed by atoms with Gasteiger partial charge >= 0.3 is 0 Å². The number of amides is 1. The molecule has 0 aliphatic carbocycles. The number of sulfonamides is 1. The summed E-state index contributed by atoms with van der Waals surface area (Å²) < 4.78 is 57.0. The van der Waals surface area contributed by atoms with Crippen LogP contribution in [0.3, 0.4) is 0 Å². The Balaban J connectivity index is 1.76. The van der Waals surface area contributed by atoms with Crippen LogP contribution in [0, 0.1) is 6.92 Å². The van der Waals surface area contributed by atoms with E-state index in [1.54, 1.807) is 12.1 Å². The summed E-state index contributed by atoms with van der Waals surface area (Å²) in [6.07, 6.45) is 0.500. The molecule has 0 saturated heterocycles. The maximum absolute atomic E-state index is 14.2. The highest BCUT2D eigenvalue weighted by molar-refractivity contribution is 7.92. The molecule has 4 rings (SSSR count). The largest absolute Gasteiger partial charge is 0.497 e. The summed E-state index contributed by atoms with van der Waals surface area (Å²) in [6, 6.07) is 14.4. The van der Waals surface area contributed by atoms with E-state index in [0.717, 1.165) is 15.4 Å². The quantitative estimate of drug-likeness (QED) is 0.367. The van der Waals surface area contributed by atoms with Crippen LogP contribution in [-0.4, -0.2) is 54.9 Å². The van der Waals surface area contributed by atoms with Gasteiger partial charge in [-0.15, -0.1) is 0 Å². The number of carbonyl (C=O) groups is 1. The summed E-state index contributed by atoms with van der Waals surface area (Å²) in [5, 5.41) is 3.04. The molecule has 0 aromatic heterocycles. The van der Waals surface area contributed by atoms with E-state index in [-0.39, 0.29) is 28.1 Å². The molecule has 1 atom stereocenters. The number of anilines is 1. The summed E-state index contributed by atoms with van der Waals surface area (Å²) >= 11 is 0. The number of nitrogens with zero attached hydrogens (tertiary/aromatic N) is 1. The Labute approximate surface area is 241 Å². The smallest absolute Gasteiger partial charge is 0.265 e. The maximum atomic E-state index is 14.2. The first-order chi connectivity index (χ1) is 19.4. The molecule has 3 aromatic carbocycles. The average Bonchev–Trinajstić information content (AvgIpc) is 2.94. The van der Waals surface area contributed by atoms with Gasteiger partial charge in [0.2, 0.25) is 5.91 Å². The second kappa shape index (κ2) is 11.8. The van der Waals surface area contributed by atoms with Gasteiger partial charge in [-0.05, 0) is 56.7 Å². The van der Waals surface area contributed by atoms with Crippen molar-refractivity contribution in [2.75, 3.05) is 39.3 Å². The van der Waals surface area contributed by atoms with Crippen molar-refractivity contribution >= 4 is 21.6 Å². The average molecular weight is 585 g/mol. The van der Waals surface area contributed by atoms with Crippen molar-refractivity contribution < 1.29 is 36.9 Å². The number of nitrogens with one attached hydrogen (secondary N) is 1. The van der Waals surface area contributed by atoms with Gasteiger partial charge in [-0.2, -0.15) is 0 Å². The number of rotatable bonds is 10. The van der Waals surface area contributed by atoms with Gasteiger partial charge in [0.15, 0.2) is 11.5 Å². The van der Waals surface area contributed by atoms with Crippen molar-refractivity contribution in [1.82, 2.24) is 5.32 Å². The van der Waals surface area contributed by atoms with E-state index in [1.165, 1.54) is 52.7 Å². The van der Waals surface area contributed by atoms with Crippen molar-refractivity contribution in [2.45, 2.75) is 43.7 Å². The predicted octanol–water partition coefficient (Wildman–Crippen LogP) is 4.64. The van der Waals surface area contributed by atoms with Gasteiger partial charge in [0.05, 0.1) is 45.1 Å². The third kappa shape index (κ3) is 6.30. The molecule has 0 fully saturated rings. The van der Waals surface area contributed by atoms with Gasteiger partial charge in [0.25, 0.3) is 10.0 Å². The number of carbonyl (C=O) groups excluding carboxylic acids is 1. The van der Waals surface area contributed by atoms with Crippen LogP contribution >= 0.6 is 0 Å². The van der Waals surface area contributed by atoms with Crippen molar-refractivity contribution in [3.63, 3.8) is 0 Å². The molecular formula is C30H36N2O8S. The highest BCUT2D eigenvalue weighted by atomic mass is 32.2. The van der Waals surface area contributed by atoms with Gasteiger partial charge in [-0.25, -0.2) is 8.42 Å². The zero-order valence-electron chi connectivity index (χ0n) is 24.3. The summed E-state index contributed by atoms with van der Waals surface area (Å²) in [7, 11) is 1.45. The Hall–Kier alpha value is -4.12. The summed E-state index contributed by atoms with van der Waals surface area (Å²) in [5.74, 6) is 1.42. The number of methoxy groups -OCH3 is 4. The van der Waals surface area contributed by atoms with E-state index >= 15 is 0 Å². The first-order valence-corrected chi connectivity index (χ1v) is 14.4. The zero-order valence-corrected chi connectivity index (χ0v) is 25.1. The SMILES string of the molecule is COc1ccc(OC)c(N(CC(=O)NC2CC(C)(C)Oc3cc(C)ccc32)S(=O)(=O)c2ccc(OC)c(OC)c2)c1. The molecule has 1 heterocycles. The fourth-order valence-electron chi connectivity index (χ4n) is 4.85. The molecule has 1 unspecified atom stereocenters. The topological polar surface area (TPSA) is 113 Å². The molecule has 0 spiro atoms. The molecule has 41 heavy (non-hydrogen) atoms. The molecule has 3 aromatic rings. The lowest BCUT2D eigenvalue weighted by Crippen LogP contribution is -2.45. The second-order valence-electron chi connectivity index (χ2n) is 10.3. The molecule has 1 amide bonds. The van der Waals surface area contributed by atoms with Gasteiger partial charge in [-0.3, -0.25) is 9.10 Å². The van der Waals surface area contributed by atoms with E-state index in [4.69, 9.17) is 23.7 Å². The van der Waals surface area contributed by atoms with E-state index in [0.29, 0.717) is 23.7 Å². The highest BCUT2D eigenvalue weighted by Gasteiger charge is 2.36. The molecule has 0 saturated carbocycles. The van der Waals surface area contributed by atoms with Crippen molar-refractivity contribution in [1.29, 1.82) is 0 Å². The van der Waals surface area contributed by atoms with Crippen molar-refractivity contribution in [3.8, 4) is 28.7 Å². The van der Waals surface area contributed by atoms with E-state index in [1.807, 2.05) is 39.0 Å². The molecular weight excluding hydrogens is 548 g/mol. The third-order valence-electron chi connectivity index (χ3n) is 6.85. The fraction of sp³-hybridized carbons (Fsp3) is 0.367. The van der Waals surface area contributed by atoms with Crippen LogP contribution in [0.1, 0.15) is 37.4 Å². The Morgan fingerprint density at radius 3 is 2.27 bits per heavy atom. The van der Waals surface area contributed by atoms with Crippen LogP contribution in [-0.2, 0) is 14.8 Å². The zero-order chi connectivity index (χ0) is 29.9.